The molecule has 1 aliphatic heterocycles. The molecule has 1 aliphatic rings. The van der Waals surface area contributed by atoms with Crippen LogP contribution in [0.5, 0.6) is 0 Å². The van der Waals surface area contributed by atoms with Gasteiger partial charge in [-0.25, -0.2) is 0 Å². The summed E-state index contributed by atoms with van der Waals surface area (Å²) in [6, 6.07) is 14.2. The summed E-state index contributed by atoms with van der Waals surface area (Å²) in [4.78, 5) is 27.1. The molecule has 0 radical (unpaired) electrons. The van der Waals surface area contributed by atoms with Crippen molar-refractivity contribution in [2.45, 2.75) is 26.7 Å². The molecule has 0 aromatic heterocycles. The van der Waals surface area contributed by atoms with Crippen molar-refractivity contribution in [2.24, 2.45) is 0 Å². The zero-order chi connectivity index (χ0) is 19.4. The molecule has 1 amide bonds. The normalized spacial score (nSPS) is 15.9. The second-order valence-electron chi connectivity index (χ2n) is 6.34. The first-order valence-corrected chi connectivity index (χ1v) is 9.03. The molecule has 0 fully saturated rings. The summed E-state index contributed by atoms with van der Waals surface area (Å²) in [5.41, 5.74) is 2.57. The van der Waals surface area contributed by atoms with Crippen LogP contribution in [0.2, 0.25) is 0 Å². The number of non-ortho nitro benzene ring substituents is 1. The first-order valence-electron chi connectivity index (χ1n) is 9.03. The maximum atomic E-state index is 12.8. The highest BCUT2D eigenvalue weighted by atomic mass is 16.6. The molecule has 0 saturated carbocycles. The fourth-order valence-electron chi connectivity index (χ4n) is 3.36. The van der Waals surface area contributed by atoms with Crippen molar-refractivity contribution in [3.63, 3.8) is 0 Å². The van der Waals surface area contributed by atoms with Gasteiger partial charge in [0.15, 0.2) is 6.23 Å². The zero-order valence-electron chi connectivity index (χ0n) is 15.5. The van der Waals surface area contributed by atoms with Gasteiger partial charge in [0.25, 0.3) is 5.69 Å². The van der Waals surface area contributed by atoms with E-state index in [1.807, 2.05) is 43.0 Å². The molecular formula is C20H23N3O4. The van der Waals surface area contributed by atoms with E-state index in [2.05, 4.69) is 0 Å². The van der Waals surface area contributed by atoms with E-state index in [0.717, 1.165) is 11.3 Å². The number of rotatable bonds is 6. The highest BCUT2D eigenvalue weighted by Crippen LogP contribution is 2.37. The molecule has 0 saturated heterocycles. The van der Waals surface area contributed by atoms with Crippen LogP contribution < -0.4 is 4.90 Å². The van der Waals surface area contributed by atoms with E-state index >= 15 is 0 Å². The number of carbonyl (C=O) groups is 1. The predicted molar refractivity (Wildman–Crippen MR) is 102 cm³/mol. The number of anilines is 1. The van der Waals surface area contributed by atoms with E-state index in [4.69, 9.17) is 4.74 Å². The van der Waals surface area contributed by atoms with Crippen molar-refractivity contribution in [3.05, 3.63) is 69.8 Å². The fourth-order valence-corrected chi connectivity index (χ4v) is 3.36. The lowest BCUT2D eigenvalue weighted by molar-refractivity contribution is -0.385. The second-order valence-corrected chi connectivity index (χ2v) is 6.34. The third kappa shape index (κ3) is 3.93. The minimum Gasteiger partial charge on any atom is -0.349 e. The Kier molecular flexibility index (Phi) is 5.71. The molecule has 7 heteroatoms. The van der Waals surface area contributed by atoms with Crippen molar-refractivity contribution in [3.8, 4) is 0 Å². The second kappa shape index (κ2) is 8.18. The van der Waals surface area contributed by atoms with Gasteiger partial charge in [0.1, 0.15) is 0 Å². The molecule has 0 N–H and O–H groups in total. The topological polar surface area (TPSA) is 75.9 Å². The number of carbonyl (C=O) groups excluding carboxylic acids is 1. The van der Waals surface area contributed by atoms with E-state index in [9.17, 15) is 14.9 Å². The summed E-state index contributed by atoms with van der Waals surface area (Å²) in [6.07, 6.45) is -0.556. The molecule has 142 valence electrons. The quantitative estimate of drug-likeness (QED) is 0.575. The van der Waals surface area contributed by atoms with Gasteiger partial charge in [0.2, 0.25) is 5.91 Å². The van der Waals surface area contributed by atoms with Crippen molar-refractivity contribution in [2.75, 3.05) is 24.5 Å². The smallest absolute Gasteiger partial charge is 0.269 e. The van der Waals surface area contributed by atoms with Crippen LogP contribution in [-0.4, -0.2) is 35.4 Å². The lowest BCUT2D eigenvalue weighted by atomic mass is 10.1. The molecule has 27 heavy (non-hydrogen) atoms. The van der Waals surface area contributed by atoms with Crippen LogP contribution in [0.3, 0.4) is 0 Å². The third-order valence-electron chi connectivity index (χ3n) is 4.77. The number of nitro groups is 1. The van der Waals surface area contributed by atoms with E-state index in [1.165, 1.54) is 12.1 Å². The Morgan fingerprint density at radius 2 is 1.96 bits per heavy atom. The highest BCUT2D eigenvalue weighted by Gasteiger charge is 2.31. The maximum absolute atomic E-state index is 12.8. The van der Waals surface area contributed by atoms with Crippen LogP contribution in [0.25, 0.3) is 0 Å². The Bertz CT molecular complexity index is 835. The Morgan fingerprint density at radius 1 is 1.22 bits per heavy atom. The summed E-state index contributed by atoms with van der Waals surface area (Å²) >= 11 is 0. The molecule has 0 aliphatic carbocycles. The maximum Gasteiger partial charge on any atom is 0.269 e. The monoisotopic (exact) mass is 369 g/mol. The molecule has 2 aromatic carbocycles. The van der Waals surface area contributed by atoms with Gasteiger partial charge in [-0.3, -0.25) is 14.9 Å². The molecule has 1 atom stereocenters. The van der Waals surface area contributed by atoms with Crippen molar-refractivity contribution >= 4 is 17.3 Å². The largest absolute Gasteiger partial charge is 0.349 e. The standard InChI is InChI=1S/C20H23N3O4/c1-3-21(4-2)19(24)13-22-18-11-6-5-8-16(18)14-27-20(22)15-9-7-10-17(12-15)23(25)26/h5-12,20H,3-4,13-14H2,1-2H3. The van der Waals surface area contributed by atoms with Gasteiger partial charge in [0.05, 0.1) is 18.1 Å². The molecule has 2 aromatic rings. The fraction of sp³-hybridized carbons (Fsp3) is 0.350. The number of ether oxygens (including phenoxy) is 1. The summed E-state index contributed by atoms with van der Waals surface area (Å²) in [6.45, 7) is 5.69. The third-order valence-corrected chi connectivity index (χ3v) is 4.77. The van der Waals surface area contributed by atoms with E-state index in [-0.39, 0.29) is 18.1 Å². The minimum atomic E-state index is -0.556. The number of para-hydroxylation sites is 1. The van der Waals surface area contributed by atoms with Gasteiger partial charge >= 0.3 is 0 Å². The van der Waals surface area contributed by atoms with Crippen LogP contribution in [0.15, 0.2) is 48.5 Å². The molecule has 1 heterocycles. The van der Waals surface area contributed by atoms with Gasteiger partial charge in [0, 0.05) is 42.0 Å². The van der Waals surface area contributed by atoms with Gasteiger partial charge in [-0.05, 0) is 19.9 Å². The molecule has 0 spiro atoms. The summed E-state index contributed by atoms with van der Waals surface area (Å²) < 4.78 is 6.02. The van der Waals surface area contributed by atoms with E-state index < -0.39 is 11.2 Å². The first-order chi connectivity index (χ1) is 13.0. The van der Waals surface area contributed by atoms with Gasteiger partial charge in [-0.1, -0.05) is 30.3 Å². The van der Waals surface area contributed by atoms with Crippen LogP contribution in [-0.2, 0) is 16.1 Å². The number of hydrogen-bond acceptors (Lipinski definition) is 5. The molecular weight excluding hydrogens is 346 g/mol. The van der Waals surface area contributed by atoms with Crippen LogP contribution in [0, 0.1) is 10.1 Å². The van der Waals surface area contributed by atoms with E-state index in [0.29, 0.717) is 25.3 Å². The minimum absolute atomic E-state index is 0.00395. The average molecular weight is 369 g/mol. The van der Waals surface area contributed by atoms with Crippen molar-refractivity contribution in [1.29, 1.82) is 0 Å². The molecule has 0 bridgehead atoms. The molecule has 1 unspecified atom stereocenters. The van der Waals surface area contributed by atoms with Gasteiger partial charge in [-0.15, -0.1) is 0 Å². The van der Waals surface area contributed by atoms with Gasteiger partial charge < -0.3 is 14.5 Å². The zero-order valence-corrected chi connectivity index (χ0v) is 15.5. The molecule has 7 nitrogen and oxygen atoms in total. The van der Waals surface area contributed by atoms with E-state index in [1.54, 1.807) is 17.0 Å². The highest BCUT2D eigenvalue weighted by molar-refractivity contribution is 5.82. The Balaban J connectivity index is 1.98. The number of benzene rings is 2. The Hall–Kier alpha value is -2.93. The number of hydrogen-bond donors (Lipinski definition) is 0. The van der Waals surface area contributed by atoms with Crippen LogP contribution in [0.1, 0.15) is 31.2 Å². The molecule has 3 rings (SSSR count). The number of nitrogens with zero attached hydrogens (tertiary/aromatic N) is 3. The van der Waals surface area contributed by atoms with Crippen molar-refractivity contribution in [1.82, 2.24) is 4.90 Å². The van der Waals surface area contributed by atoms with Gasteiger partial charge in [-0.2, -0.15) is 0 Å². The van der Waals surface area contributed by atoms with Crippen molar-refractivity contribution < 1.29 is 14.5 Å². The lowest BCUT2D eigenvalue weighted by Gasteiger charge is -2.39. The Labute approximate surface area is 158 Å². The number of likely N-dealkylation sites (N-methyl/N-ethyl adjacent to an activating group) is 1. The summed E-state index contributed by atoms with van der Waals surface area (Å²) in [5, 5.41) is 11.2. The summed E-state index contributed by atoms with van der Waals surface area (Å²) in [5.74, 6) is -0.00395. The Morgan fingerprint density at radius 3 is 2.67 bits per heavy atom. The average Bonchev–Trinajstić information content (AvgIpc) is 2.69. The number of nitro benzene ring substituents is 1. The predicted octanol–water partition coefficient (Wildman–Crippen LogP) is 3.50. The SMILES string of the molecule is CCN(CC)C(=O)CN1c2ccccc2COC1c1cccc([N+](=O)[O-])c1. The number of amides is 1. The van der Waals surface area contributed by atoms with Crippen LogP contribution >= 0.6 is 0 Å². The number of fused-ring (bicyclic) bond motifs is 1. The lowest BCUT2D eigenvalue weighted by Crippen LogP contribution is -2.44. The summed E-state index contributed by atoms with van der Waals surface area (Å²) in [7, 11) is 0. The van der Waals surface area contributed by atoms with Crippen LogP contribution in [0.4, 0.5) is 11.4 Å². The first kappa shape index (κ1) is 18.8.